The zero-order chi connectivity index (χ0) is 16.9. The minimum absolute atomic E-state index is 0.150. The van der Waals surface area contributed by atoms with Crippen LogP contribution in [0, 0.1) is 11.8 Å². The minimum Gasteiger partial charge on any atom is -0.299 e. The summed E-state index contributed by atoms with van der Waals surface area (Å²) in [5.74, 6) is -1.86. The third kappa shape index (κ3) is 5.02. The summed E-state index contributed by atoms with van der Waals surface area (Å²) < 4.78 is 0. The Balaban J connectivity index is 2.94. The molecule has 0 amide bonds. The Morgan fingerprint density at radius 3 is 1.32 bits per heavy atom. The zero-order valence-electron chi connectivity index (χ0n) is 13.5. The molecule has 0 aromatic heterocycles. The summed E-state index contributed by atoms with van der Waals surface area (Å²) in [5.41, 5.74) is 1.72. The second-order valence-electron chi connectivity index (χ2n) is 5.78. The third-order valence-corrected chi connectivity index (χ3v) is 3.83. The summed E-state index contributed by atoms with van der Waals surface area (Å²) in [6.07, 6.45) is 0.701. The van der Waals surface area contributed by atoms with Crippen LogP contribution in [-0.4, -0.2) is 23.1 Å². The summed E-state index contributed by atoms with van der Waals surface area (Å²) >= 11 is 0. The van der Waals surface area contributed by atoms with Crippen molar-refractivity contribution in [3.05, 3.63) is 35.4 Å². The van der Waals surface area contributed by atoms with Gasteiger partial charge in [0.2, 0.25) is 0 Å². The molecule has 0 aliphatic heterocycles. The molecule has 0 aliphatic rings. The number of benzene rings is 1. The molecule has 1 rings (SSSR count). The van der Waals surface area contributed by atoms with Crippen molar-refractivity contribution >= 4 is 23.1 Å². The Morgan fingerprint density at radius 1 is 0.727 bits per heavy atom. The smallest absolute Gasteiger partial charge is 0.140 e. The third-order valence-electron chi connectivity index (χ3n) is 3.83. The van der Waals surface area contributed by atoms with E-state index in [0.717, 1.165) is 11.1 Å². The lowest BCUT2D eigenvalue weighted by molar-refractivity contribution is -0.131. The maximum absolute atomic E-state index is 11.5. The number of ketones is 4. The van der Waals surface area contributed by atoms with E-state index in [4.69, 9.17) is 0 Å². The van der Waals surface area contributed by atoms with Crippen LogP contribution in [-0.2, 0) is 32.0 Å². The number of carbonyl (C=O) groups excluding carboxylic acids is 4. The topological polar surface area (TPSA) is 68.3 Å². The van der Waals surface area contributed by atoms with Gasteiger partial charge in [-0.3, -0.25) is 19.2 Å². The fraction of sp³-hybridized carbons (Fsp3) is 0.444. The van der Waals surface area contributed by atoms with Crippen molar-refractivity contribution in [2.75, 3.05) is 0 Å². The van der Waals surface area contributed by atoms with E-state index < -0.39 is 11.8 Å². The van der Waals surface area contributed by atoms with E-state index in [2.05, 4.69) is 0 Å². The van der Waals surface area contributed by atoms with Crippen molar-refractivity contribution in [2.45, 2.75) is 40.5 Å². The van der Waals surface area contributed by atoms with Gasteiger partial charge in [-0.2, -0.15) is 0 Å². The van der Waals surface area contributed by atoms with Crippen LogP contribution in [0.25, 0.3) is 0 Å². The van der Waals surface area contributed by atoms with Crippen molar-refractivity contribution in [3.8, 4) is 0 Å². The number of carbonyl (C=O) groups is 4. The Hall–Kier alpha value is -2.10. The van der Waals surface area contributed by atoms with Gasteiger partial charge in [0.15, 0.2) is 0 Å². The first-order valence-electron chi connectivity index (χ1n) is 7.32. The molecule has 0 fully saturated rings. The van der Waals surface area contributed by atoms with Crippen molar-refractivity contribution in [2.24, 2.45) is 11.8 Å². The summed E-state index contributed by atoms with van der Waals surface area (Å²) in [6.45, 7) is 5.66. The fourth-order valence-electron chi connectivity index (χ4n) is 2.50. The van der Waals surface area contributed by atoms with Crippen LogP contribution >= 0.6 is 0 Å². The molecule has 0 saturated carbocycles. The first kappa shape index (κ1) is 18.0. The molecule has 0 spiro atoms. The van der Waals surface area contributed by atoms with Crippen LogP contribution in [0.5, 0.6) is 0 Å². The molecule has 22 heavy (non-hydrogen) atoms. The average Bonchev–Trinajstić information content (AvgIpc) is 2.41. The second kappa shape index (κ2) is 7.78. The highest BCUT2D eigenvalue weighted by atomic mass is 16.2. The SMILES string of the molecule is CC(=O)C(Cc1cccc(CC(C(C)=O)C(C)=O)c1)C(C)=O. The monoisotopic (exact) mass is 302 g/mol. The van der Waals surface area contributed by atoms with Gasteiger partial charge in [-0.05, 0) is 51.7 Å². The molecule has 0 saturated heterocycles. The van der Waals surface area contributed by atoms with Crippen LogP contribution in [0.15, 0.2) is 24.3 Å². The number of hydrogen-bond donors (Lipinski definition) is 0. The Morgan fingerprint density at radius 2 is 1.05 bits per heavy atom. The van der Waals surface area contributed by atoms with Gasteiger partial charge in [-0.15, -0.1) is 0 Å². The van der Waals surface area contributed by atoms with Crippen molar-refractivity contribution in [1.29, 1.82) is 0 Å². The normalized spacial score (nSPS) is 10.8. The van der Waals surface area contributed by atoms with Gasteiger partial charge in [0.05, 0.1) is 11.8 Å². The molecule has 1 aromatic rings. The van der Waals surface area contributed by atoms with Gasteiger partial charge >= 0.3 is 0 Å². The van der Waals surface area contributed by atoms with Gasteiger partial charge in [0.25, 0.3) is 0 Å². The van der Waals surface area contributed by atoms with Gasteiger partial charge in [0.1, 0.15) is 23.1 Å². The fourth-order valence-corrected chi connectivity index (χ4v) is 2.50. The predicted octanol–water partition coefficient (Wildman–Crippen LogP) is 2.36. The minimum atomic E-state index is -0.633. The molecule has 0 bridgehead atoms. The summed E-state index contributed by atoms with van der Waals surface area (Å²) in [4.78, 5) is 46.1. The molecule has 0 aliphatic carbocycles. The van der Waals surface area contributed by atoms with Crippen LogP contribution in [0.4, 0.5) is 0 Å². The lowest BCUT2D eigenvalue weighted by Crippen LogP contribution is -2.23. The highest BCUT2D eigenvalue weighted by Crippen LogP contribution is 2.16. The van der Waals surface area contributed by atoms with E-state index in [1.165, 1.54) is 27.7 Å². The second-order valence-corrected chi connectivity index (χ2v) is 5.78. The molecule has 0 heterocycles. The lowest BCUT2D eigenvalue weighted by Gasteiger charge is -2.13. The molecule has 4 nitrogen and oxygen atoms in total. The van der Waals surface area contributed by atoms with Crippen LogP contribution < -0.4 is 0 Å². The van der Waals surface area contributed by atoms with Gasteiger partial charge in [-0.25, -0.2) is 0 Å². The molecule has 0 atom stereocenters. The van der Waals surface area contributed by atoms with Gasteiger partial charge in [-0.1, -0.05) is 24.3 Å². The largest absolute Gasteiger partial charge is 0.299 e. The summed E-state index contributed by atoms with van der Waals surface area (Å²) in [5, 5.41) is 0. The zero-order valence-corrected chi connectivity index (χ0v) is 13.5. The first-order chi connectivity index (χ1) is 10.2. The predicted molar refractivity (Wildman–Crippen MR) is 83.6 cm³/mol. The maximum atomic E-state index is 11.5. The van der Waals surface area contributed by atoms with Gasteiger partial charge < -0.3 is 0 Å². The van der Waals surface area contributed by atoms with E-state index in [9.17, 15) is 19.2 Å². The molecular weight excluding hydrogens is 280 g/mol. The highest BCUT2D eigenvalue weighted by molar-refractivity contribution is 6.01. The van der Waals surface area contributed by atoms with E-state index in [1.807, 2.05) is 24.3 Å². The molecule has 1 aromatic carbocycles. The van der Waals surface area contributed by atoms with Crippen LogP contribution in [0.3, 0.4) is 0 Å². The van der Waals surface area contributed by atoms with E-state index in [1.54, 1.807) is 0 Å². The quantitative estimate of drug-likeness (QED) is 0.691. The van der Waals surface area contributed by atoms with E-state index in [0.29, 0.717) is 12.8 Å². The molecule has 4 heteroatoms. The van der Waals surface area contributed by atoms with E-state index in [-0.39, 0.29) is 23.1 Å². The van der Waals surface area contributed by atoms with Crippen LogP contribution in [0.2, 0.25) is 0 Å². The summed E-state index contributed by atoms with van der Waals surface area (Å²) in [7, 11) is 0. The molecule has 0 N–H and O–H groups in total. The molecular formula is C18H22O4. The summed E-state index contributed by atoms with van der Waals surface area (Å²) in [6, 6.07) is 7.37. The van der Waals surface area contributed by atoms with Crippen molar-refractivity contribution in [3.63, 3.8) is 0 Å². The number of Topliss-reactive ketones (excluding diaryl/α,β-unsaturated/α-hetero) is 4. The molecule has 118 valence electrons. The van der Waals surface area contributed by atoms with Crippen LogP contribution in [0.1, 0.15) is 38.8 Å². The lowest BCUT2D eigenvalue weighted by atomic mass is 9.89. The molecule has 0 unspecified atom stereocenters. The maximum Gasteiger partial charge on any atom is 0.140 e. The Kier molecular flexibility index (Phi) is 6.35. The van der Waals surface area contributed by atoms with Crippen molar-refractivity contribution in [1.82, 2.24) is 0 Å². The standard InChI is InChI=1S/C18H22O4/c1-11(19)17(12(2)20)9-15-6-5-7-16(8-15)10-18(13(3)21)14(4)22/h5-8,17-18H,9-10H2,1-4H3. The first-order valence-corrected chi connectivity index (χ1v) is 7.32. The van der Waals surface area contributed by atoms with E-state index >= 15 is 0 Å². The number of hydrogen-bond acceptors (Lipinski definition) is 4. The number of rotatable bonds is 8. The average molecular weight is 302 g/mol. The Labute approximate surface area is 130 Å². The van der Waals surface area contributed by atoms with Crippen molar-refractivity contribution < 1.29 is 19.2 Å². The van der Waals surface area contributed by atoms with Gasteiger partial charge in [0, 0.05) is 0 Å². The Bertz CT molecular complexity index is 524. The molecule has 0 radical (unpaired) electrons. The highest BCUT2D eigenvalue weighted by Gasteiger charge is 2.22.